The molecule has 2 unspecified atom stereocenters. The van der Waals surface area contributed by atoms with Crippen LogP contribution in [0.25, 0.3) is 0 Å². The van der Waals surface area contributed by atoms with Gasteiger partial charge in [-0.25, -0.2) is 9.13 Å². The lowest BCUT2D eigenvalue weighted by atomic mass is 9.87. The Balaban J connectivity index is 2.60. The van der Waals surface area contributed by atoms with Crippen molar-refractivity contribution >= 4 is 27.6 Å². The highest BCUT2D eigenvalue weighted by Crippen LogP contribution is 2.44. The molecule has 0 spiro atoms. The number of phosphoric ester groups is 2. The van der Waals surface area contributed by atoms with E-state index in [2.05, 4.69) is 71.5 Å². The van der Waals surface area contributed by atoms with Crippen molar-refractivity contribution in [3.05, 3.63) is 72.9 Å². The number of aliphatic hydroxyl groups is 4. The third kappa shape index (κ3) is 35.2. The van der Waals surface area contributed by atoms with E-state index in [0.717, 1.165) is 70.6 Å². The summed E-state index contributed by atoms with van der Waals surface area (Å²) < 4.78 is 53.5. The normalized spacial score (nSPS) is 21.0. The number of hydrogen-bond acceptors (Lipinski definition) is 14. The van der Waals surface area contributed by atoms with Crippen LogP contribution in [-0.2, 0) is 46.5 Å². The number of carbonyl (C=O) groups excluding carboxylic acids is 2. The van der Waals surface area contributed by atoms with Gasteiger partial charge in [0.15, 0.2) is 12.4 Å². The molecule has 65 heavy (non-hydrogen) atoms. The minimum absolute atomic E-state index is 0.00834. The first-order valence-corrected chi connectivity index (χ1v) is 26.1. The molecule has 1 heterocycles. The molecule has 0 aromatic heterocycles. The summed E-state index contributed by atoms with van der Waals surface area (Å²) in [5.41, 5.74) is 0. The second-order valence-electron chi connectivity index (χ2n) is 15.8. The molecule has 1 saturated heterocycles. The van der Waals surface area contributed by atoms with Gasteiger partial charge in [0.1, 0.15) is 12.7 Å². The van der Waals surface area contributed by atoms with Crippen molar-refractivity contribution in [3.8, 4) is 0 Å². The SMILES string of the molecule is CC/C=C\C/C=C\C/C=C\C/C=C\CCCCCCC(=O)O[C@H](COC(=O)CCC/C=C\C[C@H]1[C@@H](O)CC(O)O[C@@H]1/C=C/[C@@H](O)CCCCC)COP(=O)(O)OC[C@@H](O)COP(=O)(O)O. The van der Waals surface area contributed by atoms with Crippen molar-refractivity contribution in [1.29, 1.82) is 0 Å². The van der Waals surface area contributed by atoms with E-state index in [0.29, 0.717) is 32.1 Å². The Morgan fingerprint density at radius 1 is 0.692 bits per heavy atom. The van der Waals surface area contributed by atoms with Gasteiger partial charge in [0, 0.05) is 25.2 Å². The van der Waals surface area contributed by atoms with Crippen molar-refractivity contribution in [3.63, 3.8) is 0 Å². The fraction of sp³-hybridized carbons (Fsp3) is 0.696. The van der Waals surface area contributed by atoms with Crippen LogP contribution in [0.4, 0.5) is 0 Å². The van der Waals surface area contributed by atoms with E-state index in [1.165, 1.54) is 0 Å². The summed E-state index contributed by atoms with van der Waals surface area (Å²) in [6, 6.07) is 0. The van der Waals surface area contributed by atoms with Crippen molar-refractivity contribution < 1.29 is 81.6 Å². The summed E-state index contributed by atoms with van der Waals surface area (Å²) in [7, 11) is -9.79. The van der Waals surface area contributed by atoms with Crippen LogP contribution >= 0.6 is 15.6 Å². The standard InChI is InChI=1S/C46H78O17P2/c1-3-5-7-8-9-10-11-12-13-14-15-16-17-18-19-20-26-30-45(51)62-40(37-61-65(56,57)60-35-39(48)34-59-64(53,54)55)36-58-44(50)29-25-22-21-24-28-41-42(49)33-46(52)63-43(41)32-31-38(47)27-23-6-4-2/h5,7,9-10,12-13,15-16,21,24,31-32,38-43,46-49,52H,3-4,6,8,11,14,17-20,22-23,25-30,33-37H2,1-2H3,(H,56,57)(H2,53,54,55)/b7-5-,10-9-,13-12-,16-15-,24-21-,32-31+/t38-,39-,40+,41-,42-,43+,46?/m0/s1. The quantitative estimate of drug-likeness (QED) is 0.0134. The van der Waals surface area contributed by atoms with Crippen molar-refractivity contribution in [1.82, 2.24) is 0 Å². The topological polar surface area (TPSA) is 265 Å². The molecule has 0 aliphatic carbocycles. The maximum atomic E-state index is 12.7. The third-order valence-corrected chi connectivity index (χ3v) is 11.3. The van der Waals surface area contributed by atoms with E-state index in [1.807, 2.05) is 12.2 Å². The van der Waals surface area contributed by atoms with Crippen molar-refractivity contribution in [2.24, 2.45) is 5.92 Å². The molecule has 0 saturated carbocycles. The fourth-order valence-corrected chi connectivity index (χ4v) is 7.47. The summed E-state index contributed by atoms with van der Waals surface area (Å²) in [5, 5.41) is 40.8. The van der Waals surface area contributed by atoms with Gasteiger partial charge in [-0.05, 0) is 70.6 Å². The van der Waals surface area contributed by atoms with Crippen LogP contribution in [-0.4, -0.2) is 110 Å². The van der Waals surface area contributed by atoms with E-state index < -0.39 is 90.8 Å². The van der Waals surface area contributed by atoms with Gasteiger partial charge in [-0.3, -0.25) is 23.2 Å². The molecule has 0 amide bonds. The summed E-state index contributed by atoms with van der Waals surface area (Å²) in [6.07, 6.45) is 30.8. The second kappa shape index (κ2) is 37.4. The highest BCUT2D eigenvalue weighted by Gasteiger charge is 2.35. The predicted octanol–water partition coefficient (Wildman–Crippen LogP) is 7.89. The molecular weight excluding hydrogens is 886 g/mol. The van der Waals surface area contributed by atoms with E-state index in [9.17, 15) is 44.0 Å². The molecule has 0 aromatic rings. The van der Waals surface area contributed by atoms with Gasteiger partial charge in [0.25, 0.3) is 0 Å². The lowest BCUT2D eigenvalue weighted by Crippen LogP contribution is -2.43. The monoisotopic (exact) mass is 964 g/mol. The van der Waals surface area contributed by atoms with Crippen LogP contribution in [0.2, 0.25) is 0 Å². The van der Waals surface area contributed by atoms with E-state index in [4.69, 9.17) is 28.5 Å². The number of allylic oxidation sites excluding steroid dienone is 10. The van der Waals surface area contributed by atoms with Gasteiger partial charge in [0.05, 0.1) is 38.1 Å². The van der Waals surface area contributed by atoms with Crippen LogP contribution in [0, 0.1) is 5.92 Å². The average molecular weight is 965 g/mol. The van der Waals surface area contributed by atoms with Crippen LogP contribution in [0.5, 0.6) is 0 Å². The number of esters is 2. The van der Waals surface area contributed by atoms with Gasteiger partial charge in [0.2, 0.25) is 0 Å². The molecular formula is C46H78O17P2. The number of carbonyl (C=O) groups is 2. The van der Waals surface area contributed by atoms with E-state index in [1.54, 1.807) is 12.2 Å². The summed E-state index contributed by atoms with van der Waals surface area (Å²) in [4.78, 5) is 53.0. The van der Waals surface area contributed by atoms with Crippen molar-refractivity contribution in [2.45, 2.75) is 173 Å². The largest absolute Gasteiger partial charge is 0.472 e. The molecule has 17 nitrogen and oxygen atoms in total. The van der Waals surface area contributed by atoms with Gasteiger partial charge in [-0.2, -0.15) is 0 Å². The Morgan fingerprint density at radius 2 is 1.29 bits per heavy atom. The fourth-order valence-electron chi connectivity index (χ4n) is 6.32. The van der Waals surface area contributed by atoms with Crippen molar-refractivity contribution in [2.75, 3.05) is 26.4 Å². The number of phosphoric acid groups is 2. The molecule has 1 aliphatic heterocycles. The average Bonchev–Trinajstić information content (AvgIpc) is 3.25. The molecule has 1 aliphatic rings. The number of unbranched alkanes of at least 4 members (excludes halogenated alkanes) is 7. The zero-order valence-corrected chi connectivity index (χ0v) is 40.1. The molecule has 8 atom stereocenters. The summed E-state index contributed by atoms with van der Waals surface area (Å²) >= 11 is 0. The molecule has 0 bridgehead atoms. The van der Waals surface area contributed by atoms with Crippen LogP contribution in [0.15, 0.2) is 72.9 Å². The zero-order valence-electron chi connectivity index (χ0n) is 38.3. The molecule has 0 aromatic carbocycles. The maximum absolute atomic E-state index is 12.7. The minimum atomic E-state index is -4.91. The van der Waals surface area contributed by atoms with Gasteiger partial charge < -0.3 is 49.3 Å². The highest BCUT2D eigenvalue weighted by atomic mass is 31.2. The Bertz CT molecular complexity index is 1540. The summed E-state index contributed by atoms with van der Waals surface area (Å²) in [5.74, 6) is -1.62. The number of aliphatic hydroxyl groups excluding tert-OH is 4. The molecule has 1 fully saturated rings. The molecule has 0 radical (unpaired) electrons. The zero-order chi connectivity index (χ0) is 48.2. The molecule has 1 rings (SSSR count). The van der Waals surface area contributed by atoms with Gasteiger partial charge >= 0.3 is 27.6 Å². The number of rotatable bonds is 38. The lowest BCUT2D eigenvalue weighted by Gasteiger charge is -2.36. The first-order valence-electron chi connectivity index (χ1n) is 23.0. The molecule has 19 heteroatoms. The molecule has 374 valence electrons. The Labute approximate surface area is 386 Å². The van der Waals surface area contributed by atoms with E-state index in [-0.39, 0.29) is 25.2 Å². The van der Waals surface area contributed by atoms with Crippen LogP contribution in [0.3, 0.4) is 0 Å². The number of hydrogen-bond donors (Lipinski definition) is 7. The Morgan fingerprint density at radius 3 is 1.97 bits per heavy atom. The minimum Gasteiger partial charge on any atom is -0.462 e. The second-order valence-corrected chi connectivity index (χ2v) is 18.5. The van der Waals surface area contributed by atoms with E-state index >= 15 is 0 Å². The Hall–Kier alpha value is -2.60. The van der Waals surface area contributed by atoms with Crippen LogP contribution < -0.4 is 0 Å². The first-order chi connectivity index (χ1) is 31.0. The smallest absolute Gasteiger partial charge is 0.462 e. The lowest BCUT2D eigenvalue weighted by molar-refractivity contribution is -0.199. The first kappa shape index (κ1) is 60.4. The Kier molecular flexibility index (Phi) is 34.8. The molecule has 7 N–H and O–H groups in total. The van der Waals surface area contributed by atoms with Gasteiger partial charge in [-0.1, -0.05) is 119 Å². The third-order valence-electron chi connectivity index (χ3n) is 9.86. The highest BCUT2D eigenvalue weighted by molar-refractivity contribution is 7.47. The maximum Gasteiger partial charge on any atom is 0.472 e. The van der Waals surface area contributed by atoms with Gasteiger partial charge in [-0.15, -0.1) is 0 Å². The summed E-state index contributed by atoms with van der Waals surface area (Å²) in [6.45, 7) is 1.19. The van der Waals surface area contributed by atoms with Crippen LogP contribution in [0.1, 0.15) is 136 Å². The number of ether oxygens (including phenoxy) is 3. The predicted molar refractivity (Wildman–Crippen MR) is 247 cm³/mol.